The molecule has 0 aromatic carbocycles. The highest BCUT2D eigenvalue weighted by Crippen LogP contribution is 2.37. The molecule has 0 saturated carbocycles. The second-order valence-corrected chi connectivity index (χ2v) is 2.88. The zero-order valence-electron chi connectivity index (χ0n) is 5.51. The Hall–Kier alpha value is -0.0800. The maximum Gasteiger partial charge on any atom is 0.112 e. The molecule has 0 bridgehead atoms. The number of ether oxygens (including phenoxy) is 1. The summed E-state index contributed by atoms with van der Waals surface area (Å²) in [5.41, 5.74) is -0.0613. The zero-order valence-corrected chi connectivity index (χ0v) is 5.51. The van der Waals surface area contributed by atoms with Gasteiger partial charge in [-0.05, 0) is 20.8 Å². The fourth-order valence-electron chi connectivity index (χ4n) is 0.973. The van der Waals surface area contributed by atoms with E-state index < -0.39 is 0 Å². The summed E-state index contributed by atoms with van der Waals surface area (Å²) in [4.78, 5) is 0. The van der Waals surface area contributed by atoms with Gasteiger partial charge in [-0.25, -0.2) is 0 Å². The van der Waals surface area contributed by atoms with Crippen LogP contribution in [0.15, 0.2) is 0 Å². The highest BCUT2D eigenvalue weighted by Gasteiger charge is 2.50. The van der Waals surface area contributed by atoms with Crippen LogP contribution in [0.25, 0.3) is 0 Å². The Balaban J connectivity index is 2.37. The van der Waals surface area contributed by atoms with Crippen LogP contribution in [0.5, 0.6) is 0 Å². The predicted molar refractivity (Wildman–Crippen MR) is 30.6 cm³/mol. The van der Waals surface area contributed by atoms with Gasteiger partial charge in [-0.3, -0.25) is 0 Å². The molecule has 0 aliphatic carbocycles. The van der Waals surface area contributed by atoms with Gasteiger partial charge in [-0.1, -0.05) is 0 Å². The summed E-state index contributed by atoms with van der Waals surface area (Å²) < 4.78 is 5.12. The number of hydrogen-bond donors (Lipinski definition) is 1. The molecule has 1 aliphatic heterocycles. The fourth-order valence-corrected chi connectivity index (χ4v) is 0.973. The second-order valence-electron chi connectivity index (χ2n) is 2.88. The van der Waals surface area contributed by atoms with E-state index in [1.807, 2.05) is 13.8 Å². The van der Waals surface area contributed by atoms with Gasteiger partial charge in [0.25, 0.3) is 0 Å². The van der Waals surface area contributed by atoms with E-state index >= 15 is 0 Å². The zero-order chi connectivity index (χ0) is 6.36. The maximum absolute atomic E-state index is 8.90. The largest absolute Gasteiger partial charge is 0.391 e. The molecule has 1 unspecified atom stereocenters. The van der Waals surface area contributed by atoms with E-state index in [0.717, 1.165) is 0 Å². The SMILES string of the molecule is CC(O)[C@H]1OC1(C)C. The topological polar surface area (TPSA) is 32.8 Å². The molecule has 1 N–H and O–H groups in total. The van der Waals surface area contributed by atoms with Gasteiger partial charge in [0.15, 0.2) is 0 Å². The standard InChI is InChI=1S/C6H12O2/c1-4(7)5-6(2,3)8-5/h4-5,7H,1-3H3/t4?,5-/m1/s1. The third-order valence-electron chi connectivity index (χ3n) is 1.50. The van der Waals surface area contributed by atoms with Gasteiger partial charge in [0.1, 0.15) is 6.10 Å². The normalized spacial score (nSPS) is 36.8. The summed E-state index contributed by atoms with van der Waals surface area (Å²) >= 11 is 0. The molecule has 1 fully saturated rings. The van der Waals surface area contributed by atoms with E-state index in [4.69, 9.17) is 9.84 Å². The van der Waals surface area contributed by atoms with Crippen molar-refractivity contribution in [3.8, 4) is 0 Å². The van der Waals surface area contributed by atoms with Gasteiger partial charge in [-0.2, -0.15) is 0 Å². The van der Waals surface area contributed by atoms with E-state index in [0.29, 0.717) is 0 Å². The first-order chi connectivity index (χ1) is 3.54. The number of aliphatic hydroxyl groups excluding tert-OH is 1. The molecule has 2 nitrogen and oxygen atoms in total. The lowest BCUT2D eigenvalue weighted by molar-refractivity contribution is 0.152. The minimum Gasteiger partial charge on any atom is -0.391 e. The molecular weight excluding hydrogens is 104 g/mol. The summed E-state index contributed by atoms with van der Waals surface area (Å²) in [6.45, 7) is 5.70. The Bertz CT molecular complexity index is 96.7. The average molecular weight is 116 g/mol. The van der Waals surface area contributed by atoms with Crippen molar-refractivity contribution in [2.75, 3.05) is 0 Å². The summed E-state index contributed by atoms with van der Waals surface area (Å²) in [6, 6.07) is 0. The molecule has 0 spiro atoms. The lowest BCUT2D eigenvalue weighted by atomic mass is 10.1. The first-order valence-corrected chi connectivity index (χ1v) is 2.90. The third kappa shape index (κ3) is 0.858. The lowest BCUT2D eigenvalue weighted by Gasteiger charge is -1.97. The van der Waals surface area contributed by atoms with Crippen molar-refractivity contribution < 1.29 is 9.84 Å². The molecule has 1 saturated heterocycles. The summed E-state index contributed by atoms with van der Waals surface area (Å²) in [5, 5.41) is 8.90. The molecule has 0 amide bonds. The van der Waals surface area contributed by atoms with Crippen LogP contribution in [-0.2, 0) is 4.74 Å². The molecule has 0 radical (unpaired) electrons. The first-order valence-electron chi connectivity index (χ1n) is 2.90. The monoisotopic (exact) mass is 116 g/mol. The minimum absolute atomic E-state index is 0.0613. The molecule has 2 heteroatoms. The van der Waals surface area contributed by atoms with Crippen molar-refractivity contribution in [1.29, 1.82) is 0 Å². The van der Waals surface area contributed by atoms with Crippen LogP contribution in [0, 0.1) is 0 Å². The fraction of sp³-hybridized carbons (Fsp3) is 1.00. The van der Waals surface area contributed by atoms with Gasteiger partial charge in [0, 0.05) is 0 Å². The molecule has 0 aromatic heterocycles. The Labute approximate surface area is 49.5 Å². The Morgan fingerprint density at radius 2 is 2.00 bits per heavy atom. The molecule has 1 heterocycles. The Morgan fingerprint density at radius 1 is 1.62 bits per heavy atom. The van der Waals surface area contributed by atoms with Gasteiger partial charge >= 0.3 is 0 Å². The van der Waals surface area contributed by atoms with Crippen molar-refractivity contribution in [1.82, 2.24) is 0 Å². The lowest BCUT2D eigenvalue weighted by Crippen LogP contribution is -2.15. The van der Waals surface area contributed by atoms with Crippen LogP contribution in [-0.4, -0.2) is 22.9 Å². The molecule has 1 aliphatic rings. The van der Waals surface area contributed by atoms with E-state index in [9.17, 15) is 0 Å². The summed E-state index contributed by atoms with van der Waals surface area (Å²) in [5.74, 6) is 0. The van der Waals surface area contributed by atoms with E-state index in [1.54, 1.807) is 6.92 Å². The quantitative estimate of drug-likeness (QED) is 0.507. The highest BCUT2D eigenvalue weighted by atomic mass is 16.6. The number of aliphatic hydroxyl groups is 1. The molecule has 0 aromatic rings. The number of hydrogen-bond acceptors (Lipinski definition) is 2. The maximum atomic E-state index is 8.90. The van der Waals surface area contributed by atoms with Crippen molar-refractivity contribution in [3.05, 3.63) is 0 Å². The predicted octanol–water partition coefficient (Wildman–Crippen LogP) is 0.545. The van der Waals surface area contributed by atoms with E-state index in [1.165, 1.54) is 0 Å². The molecule has 48 valence electrons. The minimum atomic E-state index is -0.315. The van der Waals surface area contributed by atoms with Crippen molar-refractivity contribution in [2.24, 2.45) is 0 Å². The van der Waals surface area contributed by atoms with Crippen LogP contribution in [0.3, 0.4) is 0 Å². The molecule has 8 heavy (non-hydrogen) atoms. The second kappa shape index (κ2) is 1.45. The van der Waals surface area contributed by atoms with Gasteiger partial charge in [-0.15, -0.1) is 0 Å². The van der Waals surface area contributed by atoms with Gasteiger partial charge in [0.05, 0.1) is 11.7 Å². The Morgan fingerprint density at radius 3 is 2.00 bits per heavy atom. The van der Waals surface area contributed by atoms with Crippen molar-refractivity contribution >= 4 is 0 Å². The van der Waals surface area contributed by atoms with Gasteiger partial charge < -0.3 is 9.84 Å². The smallest absolute Gasteiger partial charge is 0.112 e. The first kappa shape index (κ1) is 6.05. The molecule has 1 rings (SSSR count). The van der Waals surface area contributed by atoms with Crippen LogP contribution in [0.2, 0.25) is 0 Å². The third-order valence-corrected chi connectivity index (χ3v) is 1.50. The van der Waals surface area contributed by atoms with Crippen LogP contribution >= 0.6 is 0 Å². The van der Waals surface area contributed by atoms with Crippen LogP contribution in [0.4, 0.5) is 0 Å². The molecular formula is C6H12O2. The summed E-state index contributed by atoms with van der Waals surface area (Å²) in [7, 11) is 0. The van der Waals surface area contributed by atoms with E-state index in [2.05, 4.69) is 0 Å². The van der Waals surface area contributed by atoms with Crippen LogP contribution < -0.4 is 0 Å². The number of rotatable bonds is 1. The van der Waals surface area contributed by atoms with Crippen molar-refractivity contribution in [2.45, 2.75) is 38.6 Å². The van der Waals surface area contributed by atoms with Crippen molar-refractivity contribution in [3.63, 3.8) is 0 Å². The Kier molecular flexibility index (Phi) is 1.10. The van der Waals surface area contributed by atoms with Crippen LogP contribution in [0.1, 0.15) is 20.8 Å². The molecule has 2 atom stereocenters. The average Bonchev–Trinajstić information content (AvgIpc) is 2.13. The number of epoxide rings is 1. The van der Waals surface area contributed by atoms with Gasteiger partial charge in [0.2, 0.25) is 0 Å². The highest BCUT2D eigenvalue weighted by molar-refractivity contribution is 4.97. The van der Waals surface area contributed by atoms with E-state index in [-0.39, 0.29) is 17.8 Å². The summed E-state index contributed by atoms with van der Waals surface area (Å²) in [6.07, 6.45) is -0.243.